The standard InChI is InChI=1S/C12H10ClN3S2.C6H11N/c1-7-6-18-10-9(7)15-12(13)16-11(10)14-5-8-3-2-4-17-8;7-6-4-2-1-3-5-6/h2-4,6H,5H2,1H3,(H,14,15,16);1-2,6H,3-5,7H2. The number of nitrogens with two attached hydrogens (primary N) is 1. The molecule has 0 saturated carbocycles. The van der Waals surface area contributed by atoms with E-state index in [9.17, 15) is 0 Å². The third kappa shape index (κ3) is 5.01. The summed E-state index contributed by atoms with van der Waals surface area (Å²) in [6, 6.07) is 4.58. The third-order valence-corrected chi connectivity index (χ3v) is 6.02. The van der Waals surface area contributed by atoms with Crippen molar-refractivity contribution in [2.45, 2.75) is 38.8 Å². The normalized spacial score (nSPS) is 16.5. The Morgan fingerprint density at radius 3 is 2.84 bits per heavy atom. The molecule has 1 aliphatic carbocycles. The summed E-state index contributed by atoms with van der Waals surface area (Å²) in [6.45, 7) is 2.79. The van der Waals surface area contributed by atoms with Gasteiger partial charge in [-0.3, -0.25) is 0 Å². The van der Waals surface area contributed by atoms with Crippen LogP contribution in [-0.2, 0) is 6.54 Å². The molecule has 3 aromatic heterocycles. The molecule has 0 aliphatic heterocycles. The summed E-state index contributed by atoms with van der Waals surface area (Å²) < 4.78 is 1.06. The number of thiophene rings is 2. The molecule has 4 nitrogen and oxygen atoms in total. The first-order valence-corrected chi connectivity index (χ1v) is 10.4. The third-order valence-electron chi connectivity index (χ3n) is 3.89. The molecule has 1 unspecified atom stereocenters. The lowest BCUT2D eigenvalue weighted by Gasteiger charge is -2.09. The molecule has 3 aromatic rings. The monoisotopic (exact) mass is 392 g/mol. The number of aromatic nitrogens is 2. The maximum Gasteiger partial charge on any atom is 0.224 e. The molecule has 3 heterocycles. The Kier molecular flexibility index (Phi) is 6.42. The van der Waals surface area contributed by atoms with Gasteiger partial charge in [-0.2, -0.15) is 4.98 Å². The number of halogens is 1. The van der Waals surface area contributed by atoms with Crippen LogP contribution in [0.3, 0.4) is 0 Å². The molecule has 132 valence electrons. The van der Waals surface area contributed by atoms with Crippen LogP contribution in [0.15, 0.2) is 35.0 Å². The number of nitrogens with one attached hydrogen (secondary N) is 1. The van der Waals surface area contributed by atoms with E-state index in [1.165, 1.54) is 17.7 Å². The Bertz CT molecular complexity index is 842. The van der Waals surface area contributed by atoms with E-state index in [2.05, 4.69) is 44.3 Å². The molecule has 0 bridgehead atoms. The second-order valence-corrected chi connectivity index (χ2v) is 8.17. The summed E-state index contributed by atoms with van der Waals surface area (Å²) in [4.78, 5) is 9.81. The van der Waals surface area contributed by atoms with Crippen LogP contribution < -0.4 is 11.1 Å². The van der Waals surface area contributed by atoms with Crippen molar-refractivity contribution in [2.75, 3.05) is 5.32 Å². The Balaban J connectivity index is 0.000000219. The summed E-state index contributed by atoms with van der Waals surface area (Å²) in [7, 11) is 0. The van der Waals surface area contributed by atoms with Gasteiger partial charge >= 0.3 is 0 Å². The van der Waals surface area contributed by atoms with Gasteiger partial charge in [0.15, 0.2) is 0 Å². The summed E-state index contributed by atoms with van der Waals surface area (Å²) in [5.74, 6) is 0.816. The SMILES string of the molecule is Cc1csc2c(NCc3cccs3)nc(Cl)nc12.NC1CC=CCC1. The first-order valence-electron chi connectivity index (χ1n) is 8.21. The van der Waals surface area contributed by atoms with E-state index < -0.39 is 0 Å². The van der Waals surface area contributed by atoms with E-state index in [1.807, 2.05) is 13.0 Å². The van der Waals surface area contributed by atoms with Gasteiger partial charge in [-0.1, -0.05) is 18.2 Å². The molecule has 0 radical (unpaired) electrons. The van der Waals surface area contributed by atoms with Crippen molar-refractivity contribution in [3.05, 3.63) is 50.8 Å². The topological polar surface area (TPSA) is 63.8 Å². The number of hydrogen-bond donors (Lipinski definition) is 2. The van der Waals surface area contributed by atoms with Gasteiger partial charge in [0.2, 0.25) is 5.28 Å². The van der Waals surface area contributed by atoms with Gasteiger partial charge in [-0.15, -0.1) is 22.7 Å². The summed E-state index contributed by atoms with van der Waals surface area (Å²) in [5.41, 5.74) is 7.66. The number of aryl methyl sites for hydroxylation is 1. The lowest BCUT2D eigenvalue weighted by molar-refractivity contribution is 0.606. The van der Waals surface area contributed by atoms with E-state index in [0.717, 1.165) is 34.6 Å². The van der Waals surface area contributed by atoms with Crippen molar-refractivity contribution in [2.24, 2.45) is 5.73 Å². The van der Waals surface area contributed by atoms with Crippen molar-refractivity contribution in [3.63, 3.8) is 0 Å². The van der Waals surface area contributed by atoms with Gasteiger partial charge in [0.05, 0.1) is 16.8 Å². The zero-order valence-corrected chi connectivity index (χ0v) is 16.4. The summed E-state index contributed by atoms with van der Waals surface area (Å²) in [6.07, 6.45) is 7.80. The van der Waals surface area contributed by atoms with Gasteiger partial charge in [0, 0.05) is 10.9 Å². The summed E-state index contributed by atoms with van der Waals surface area (Å²) in [5, 5.41) is 7.76. The largest absolute Gasteiger partial charge is 0.364 e. The lowest BCUT2D eigenvalue weighted by atomic mass is 10.0. The maximum atomic E-state index is 5.96. The van der Waals surface area contributed by atoms with Crippen molar-refractivity contribution in [1.29, 1.82) is 0 Å². The Labute approximate surface area is 160 Å². The average Bonchev–Trinajstić information content (AvgIpc) is 3.25. The van der Waals surface area contributed by atoms with Crippen molar-refractivity contribution >= 4 is 50.3 Å². The van der Waals surface area contributed by atoms with Crippen LogP contribution in [0.25, 0.3) is 10.2 Å². The van der Waals surface area contributed by atoms with Crippen LogP contribution >= 0.6 is 34.3 Å². The first-order chi connectivity index (χ1) is 12.1. The molecule has 0 aromatic carbocycles. The summed E-state index contributed by atoms with van der Waals surface area (Å²) >= 11 is 9.32. The van der Waals surface area contributed by atoms with Gasteiger partial charge < -0.3 is 11.1 Å². The van der Waals surface area contributed by atoms with Crippen molar-refractivity contribution in [3.8, 4) is 0 Å². The quantitative estimate of drug-likeness (QED) is 0.464. The number of anilines is 1. The minimum Gasteiger partial charge on any atom is -0.364 e. The Hall–Kier alpha value is -1.47. The fourth-order valence-corrected chi connectivity index (χ4v) is 4.29. The molecule has 7 heteroatoms. The van der Waals surface area contributed by atoms with E-state index in [4.69, 9.17) is 17.3 Å². The smallest absolute Gasteiger partial charge is 0.224 e. The molecule has 0 amide bonds. The average molecular weight is 393 g/mol. The van der Waals surface area contributed by atoms with Gasteiger partial charge in [-0.25, -0.2) is 4.98 Å². The highest BCUT2D eigenvalue weighted by Crippen LogP contribution is 2.30. The van der Waals surface area contributed by atoms with Crippen molar-refractivity contribution < 1.29 is 0 Å². The molecule has 4 rings (SSSR count). The molecule has 25 heavy (non-hydrogen) atoms. The highest BCUT2D eigenvalue weighted by Gasteiger charge is 2.10. The van der Waals surface area contributed by atoms with E-state index >= 15 is 0 Å². The molecule has 1 atom stereocenters. The van der Waals surface area contributed by atoms with Crippen LogP contribution in [0, 0.1) is 6.92 Å². The zero-order chi connectivity index (χ0) is 17.6. The fourth-order valence-electron chi connectivity index (χ4n) is 2.53. The second kappa shape index (κ2) is 8.76. The van der Waals surface area contributed by atoms with Crippen LogP contribution in [0.1, 0.15) is 29.7 Å². The molecular formula is C18H21ClN4S2. The number of fused-ring (bicyclic) bond motifs is 1. The highest BCUT2D eigenvalue weighted by atomic mass is 35.5. The van der Waals surface area contributed by atoms with Crippen LogP contribution in [0.4, 0.5) is 5.82 Å². The molecular weight excluding hydrogens is 372 g/mol. The number of allylic oxidation sites excluding steroid dienone is 1. The highest BCUT2D eigenvalue weighted by molar-refractivity contribution is 7.18. The Morgan fingerprint density at radius 1 is 1.32 bits per heavy atom. The van der Waals surface area contributed by atoms with Gasteiger partial charge in [0.1, 0.15) is 5.82 Å². The predicted molar refractivity (Wildman–Crippen MR) is 110 cm³/mol. The number of rotatable bonds is 3. The first kappa shape index (κ1) is 18.3. The van der Waals surface area contributed by atoms with Gasteiger partial charge in [0.25, 0.3) is 0 Å². The van der Waals surface area contributed by atoms with Crippen LogP contribution in [-0.4, -0.2) is 16.0 Å². The predicted octanol–water partition coefficient (Wildman–Crippen LogP) is 5.38. The van der Waals surface area contributed by atoms with Crippen LogP contribution in [0.2, 0.25) is 5.28 Å². The van der Waals surface area contributed by atoms with E-state index in [0.29, 0.717) is 6.04 Å². The Morgan fingerprint density at radius 2 is 2.20 bits per heavy atom. The molecule has 0 fully saturated rings. The van der Waals surface area contributed by atoms with E-state index in [-0.39, 0.29) is 5.28 Å². The lowest BCUT2D eigenvalue weighted by Crippen LogP contribution is -2.19. The molecule has 0 spiro atoms. The second-order valence-electron chi connectivity index (χ2n) is 5.92. The molecule has 3 N–H and O–H groups in total. The van der Waals surface area contributed by atoms with Gasteiger partial charge in [-0.05, 0) is 60.2 Å². The zero-order valence-electron chi connectivity index (χ0n) is 14.0. The fraction of sp³-hybridized carbons (Fsp3) is 0.333. The minimum absolute atomic E-state index is 0.290. The molecule has 0 saturated heterocycles. The van der Waals surface area contributed by atoms with Crippen LogP contribution in [0.5, 0.6) is 0 Å². The number of nitrogens with zero attached hydrogens (tertiary/aromatic N) is 2. The van der Waals surface area contributed by atoms with Crippen molar-refractivity contribution in [1.82, 2.24) is 9.97 Å². The number of hydrogen-bond acceptors (Lipinski definition) is 6. The molecule has 1 aliphatic rings. The van der Waals surface area contributed by atoms with E-state index in [1.54, 1.807) is 22.7 Å². The maximum absolute atomic E-state index is 5.96. The minimum atomic E-state index is 0.290.